The van der Waals surface area contributed by atoms with Gasteiger partial charge in [0.25, 0.3) is 0 Å². The first kappa shape index (κ1) is 31.0. The SMILES string of the molecule is CC(=O)N(Cc1cc(C(F)(F)F)cc(C(F)(F)F)c1)C1CCCN(CC2CCCC2)c2cc(C(F)(F)F)c(C)cc21. The van der Waals surface area contributed by atoms with Crippen molar-refractivity contribution in [3.63, 3.8) is 0 Å². The van der Waals surface area contributed by atoms with Crippen molar-refractivity contribution in [1.82, 2.24) is 4.90 Å². The zero-order valence-electron chi connectivity index (χ0n) is 22.6. The minimum atomic E-state index is -5.06. The third kappa shape index (κ3) is 7.12. The second kappa shape index (κ2) is 11.4. The molecule has 1 atom stereocenters. The predicted octanol–water partition coefficient (Wildman–Crippen LogP) is 8.93. The zero-order valence-corrected chi connectivity index (χ0v) is 22.6. The standard InChI is InChI=1S/C29H31F9N2O/c1-17-10-23-25(8-5-9-39(15-19-6-3-4-7-19)26(23)14-24(17)29(36,37)38)40(18(2)41)16-20-11-21(27(30,31)32)13-22(12-20)28(33,34)35/h10-14,19,25H,3-9,15-16H2,1-2H3. The third-order valence-electron chi connectivity index (χ3n) is 8.02. The van der Waals surface area contributed by atoms with Crippen LogP contribution in [0, 0.1) is 12.8 Å². The van der Waals surface area contributed by atoms with Crippen LogP contribution in [-0.4, -0.2) is 23.9 Å². The Morgan fingerprint density at radius 2 is 1.41 bits per heavy atom. The lowest BCUT2D eigenvalue weighted by atomic mass is 9.94. The smallest absolute Gasteiger partial charge is 0.371 e. The molecule has 1 fully saturated rings. The minimum Gasteiger partial charge on any atom is -0.371 e. The van der Waals surface area contributed by atoms with Crippen LogP contribution < -0.4 is 4.90 Å². The number of carbonyl (C=O) groups excluding carboxylic acids is 1. The number of benzene rings is 2. The molecular formula is C29H31F9N2O. The van der Waals surface area contributed by atoms with Crippen LogP contribution in [0.1, 0.15) is 84.9 Å². The first-order valence-electron chi connectivity index (χ1n) is 13.5. The fourth-order valence-corrected chi connectivity index (χ4v) is 6.08. The Morgan fingerprint density at radius 3 is 1.93 bits per heavy atom. The highest BCUT2D eigenvalue weighted by atomic mass is 19.4. The van der Waals surface area contributed by atoms with E-state index in [2.05, 4.69) is 0 Å². The van der Waals surface area contributed by atoms with Gasteiger partial charge in [0.15, 0.2) is 0 Å². The van der Waals surface area contributed by atoms with E-state index in [1.807, 2.05) is 4.90 Å². The highest BCUT2D eigenvalue weighted by Crippen LogP contribution is 2.44. The van der Waals surface area contributed by atoms with Crippen molar-refractivity contribution in [2.75, 3.05) is 18.0 Å². The van der Waals surface area contributed by atoms with Crippen molar-refractivity contribution < 1.29 is 44.3 Å². The van der Waals surface area contributed by atoms with Crippen LogP contribution in [0.25, 0.3) is 0 Å². The summed E-state index contributed by atoms with van der Waals surface area (Å²) in [6.07, 6.45) is -10.0. The van der Waals surface area contributed by atoms with Gasteiger partial charge in [0.2, 0.25) is 5.91 Å². The summed E-state index contributed by atoms with van der Waals surface area (Å²) in [5.74, 6) is -0.321. The van der Waals surface area contributed by atoms with Crippen molar-refractivity contribution in [1.29, 1.82) is 0 Å². The van der Waals surface area contributed by atoms with Crippen LogP contribution in [0.4, 0.5) is 45.2 Å². The molecule has 1 amide bonds. The van der Waals surface area contributed by atoms with Gasteiger partial charge in [0.1, 0.15) is 0 Å². The molecule has 2 aromatic carbocycles. The predicted molar refractivity (Wildman–Crippen MR) is 135 cm³/mol. The first-order chi connectivity index (χ1) is 18.9. The van der Waals surface area contributed by atoms with Gasteiger partial charge in [-0.2, -0.15) is 39.5 Å². The molecule has 1 unspecified atom stereocenters. The van der Waals surface area contributed by atoms with E-state index in [-0.39, 0.29) is 23.6 Å². The maximum atomic E-state index is 13.9. The molecule has 12 heteroatoms. The number of hydrogen-bond donors (Lipinski definition) is 0. The number of anilines is 1. The summed E-state index contributed by atoms with van der Waals surface area (Å²) in [6.45, 7) is 2.81. The van der Waals surface area contributed by atoms with Crippen LogP contribution in [-0.2, 0) is 29.9 Å². The largest absolute Gasteiger partial charge is 0.416 e. The number of halogens is 9. The van der Waals surface area contributed by atoms with Crippen LogP contribution >= 0.6 is 0 Å². The second-order valence-corrected chi connectivity index (χ2v) is 11.0. The molecule has 1 saturated carbocycles. The number of alkyl halides is 9. The van der Waals surface area contributed by atoms with Crippen molar-refractivity contribution >= 4 is 11.6 Å². The molecular weight excluding hydrogens is 563 g/mol. The van der Waals surface area contributed by atoms with Gasteiger partial charge >= 0.3 is 18.5 Å². The summed E-state index contributed by atoms with van der Waals surface area (Å²) in [5.41, 5.74) is -3.57. The molecule has 3 nitrogen and oxygen atoms in total. The minimum absolute atomic E-state index is 0.0193. The number of amides is 1. The number of rotatable bonds is 5. The Morgan fingerprint density at radius 1 is 0.829 bits per heavy atom. The molecule has 2 aliphatic rings. The van der Waals surface area contributed by atoms with Crippen molar-refractivity contribution in [3.8, 4) is 0 Å². The summed E-state index contributed by atoms with van der Waals surface area (Å²) in [5, 5.41) is 0. The average Bonchev–Trinajstić information content (AvgIpc) is 3.29. The van der Waals surface area contributed by atoms with E-state index in [0.29, 0.717) is 48.8 Å². The zero-order chi connectivity index (χ0) is 30.3. The highest BCUT2D eigenvalue weighted by Gasteiger charge is 2.39. The molecule has 0 aromatic heterocycles. The molecule has 0 radical (unpaired) electrons. The lowest BCUT2D eigenvalue weighted by molar-refractivity contribution is -0.143. The summed E-state index contributed by atoms with van der Waals surface area (Å²) in [4.78, 5) is 16.0. The Kier molecular flexibility index (Phi) is 8.62. The fourth-order valence-electron chi connectivity index (χ4n) is 6.08. The van der Waals surface area contributed by atoms with Gasteiger partial charge in [-0.25, -0.2) is 0 Å². The van der Waals surface area contributed by atoms with Crippen LogP contribution in [0.2, 0.25) is 0 Å². The van der Waals surface area contributed by atoms with Gasteiger partial charge in [0, 0.05) is 32.2 Å². The van der Waals surface area contributed by atoms with Gasteiger partial charge < -0.3 is 9.80 Å². The first-order valence-corrected chi connectivity index (χ1v) is 13.5. The molecule has 0 saturated heterocycles. The maximum absolute atomic E-state index is 13.9. The van der Waals surface area contributed by atoms with Gasteiger partial charge in [-0.1, -0.05) is 18.9 Å². The maximum Gasteiger partial charge on any atom is 0.416 e. The summed E-state index contributed by atoms with van der Waals surface area (Å²) in [6, 6.07) is 2.76. The van der Waals surface area contributed by atoms with Crippen LogP contribution in [0.3, 0.4) is 0 Å². The normalized spacial score (nSPS) is 18.8. The van der Waals surface area contributed by atoms with Crippen LogP contribution in [0.5, 0.6) is 0 Å². The van der Waals surface area contributed by atoms with E-state index < -0.39 is 53.7 Å². The van der Waals surface area contributed by atoms with Crippen molar-refractivity contribution in [2.45, 2.75) is 83.5 Å². The number of hydrogen-bond acceptors (Lipinski definition) is 2. The Balaban J connectivity index is 1.80. The molecule has 1 heterocycles. The van der Waals surface area contributed by atoms with Gasteiger partial charge in [-0.3, -0.25) is 4.79 Å². The average molecular weight is 595 g/mol. The number of carbonyl (C=O) groups is 1. The molecule has 2 aromatic rings. The number of aryl methyl sites for hydroxylation is 1. The van der Waals surface area contributed by atoms with E-state index in [0.717, 1.165) is 38.7 Å². The molecule has 4 rings (SSSR count). The highest BCUT2D eigenvalue weighted by molar-refractivity contribution is 5.75. The third-order valence-corrected chi connectivity index (χ3v) is 8.02. The van der Waals surface area contributed by atoms with E-state index in [4.69, 9.17) is 0 Å². The number of fused-ring (bicyclic) bond motifs is 1. The molecule has 1 aliphatic heterocycles. The number of nitrogens with zero attached hydrogens (tertiary/aromatic N) is 2. The van der Waals surface area contributed by atoms with Gasteiger partial charge in [0.05, 0.1) is 22.7 Å². The Bertz CT molecular complexity index is 1230. The fraction of sp³-hybridized carbons (Fsp3) is 0.552. The molecule has 41 heavy (non-hydrogen) atoms. The lowest BCUT2D eigenvalue weighted by Gasteiger charge is -2.34. The molecule has 0 spiro atoms. The van der Waals surface area contributed by atoms with Crippen molar-refractivity contribution in [3.05, 3.63) is 63.7 Å². The van der Waals surface area contributed by atoms with Gasteiger partial charge in [-0.05, 0) is 79.5 Å². The summed E-state index contributed by atoms with van der Waals surface area (Å²) < 4.78 is 123. The lowest BCUT2D eigenvalue weighted by Crippen LogP contribution is -2.33. The Hall–Kier alpha value is -2.92. The molecule has 0 N–H and O–H groups in total. The Labute approximate surface area is 232 Å². The van der Waals surface area contributed by atoms with E-state index >= 15 is 0 Å². The van der Waals surface area contributed by atoms with Gasteiger partial charge in [-0.15, -0.1) is 0 Å². The topological polar surface area (TPSA) is 23.6 Å². The molecule has 0 bridgehead atoms. The van der Waals surface area contributed by atoms with E-state index in [1.54, 1.807) is 0 Å². The molecule has 1 aliphatic carbocycles. The summed E-state index contributed by atoms with van der Waals surface area (Å²) in [7, 11) is 0. The van der Waals surface area contributed by atoms with E-state index in [1.165, 1.54) is 17.9 Å². The van der Waals surface area contributed by atoms with Crippen LogP contribution in [0.15, 0.2) is 30.3 Å². The molecule has 226 valence electrons. The van der Waals surface area contributed by atoms with E-state index in [9.17, 15) is 44.3 Å². The van der Waals surface area contributed by atoms with Crippen molar-refractivity contribution in [2.24, 2.45) is 5.92 Å². The quantitative estimate of drug-likeness (QED) is 0.323. The monoisotopic (exact) mass is 594 g/mol. The second-order valence-electron chi connectivity index (χ2n) is 11.0. The summed E-state index contributed by atoms with van der Waals surface area (Å²) >= 11 is 0.